The summed E-state index contributed by atoms with van der Waals surface area (Å²) in [5.74, 6) is 0.514. The monoisotopic (exact) mass is 582 g/mol. The highest BCUT2D eigenvalue weighted by Crippen LogP contribution is 2.08. The van der Waals surface area contributed by atoms with E-state index in [9.17, 15) is 0 Å². The van der Waals surface area contributed by atoms with Crippen LogP contribution in [-0.2, 0) is 9.47 Å². The summed E-state index contributed by atoms with van der Waals surface area (Å²) in [5.41, 5.74) is 0. The number of hydrogen-bond acceptors (Lipinski definition) is 9. The molecular formula is C29H67ClN6O3. The van der Waals surface area contributed by atoms with Crippen LogP contribution < -0.4 is 10.6 Å². The van der Waals surface area contributed by atoms with Crippen molar-refractivity contribution < 1.29 is 14.6 Å². The van der Waals surface area contributed by atoms with Gasteiger partial charge in [-0.15, -0.1) is 11.6 Å². The zero-order valence-corrected chi connectivity index (χ0v) is 27.4. The van der Waals surface area contributed by atoms with Gasteiger partial charge in [-0.05, 0) is 68.2 Å². The van der Waals surface area contributed by atoms with Crippen molar-refractivity contribution in [3.63, 3.8) is 0 Å². The zero-order chi connectivity index (χ0) is 29.4. The average molecular weight is 583 g/mol. The number of unbranched alkanes of at least 4 members (excludes halogenated alkanes) is 6. The van der Waals surface area contributed by atoms with Crippen molar-refractivity contribution in [1.82, 2.24) is 30.2 Å². The van der Waals surface area contributed by atoms with Gasteiger partial charge in [0.2, 0.25) is 0 Å². The summed E-state index contributed by atoms with van der Waals surface area (Å²) in [4.78, 5) is 9.79. The van der Waals surface area contributed by atoms with Crippen LogP contribution in [0.25, 0.3) is 0 Å². The van der Waals surface area contributed by atoms with Crippen molar-refractivity contribution in [1.29, 1.82) is 0 Å². The highest BCUT2D eigenvalue weighted by molar-refractivity contribution is 6.17. The van der Waals surface area contributed by atoms with Gasteiger partial charge in [0.15, 0.2) is 0 Å². The van der Waals surface area contributed by atoms with Crippen LogP contribution in [0, 0.1) is 0 Å². The lowest BCUT2D eigenvalue weighted by Gasteiger charge is -2.22. The third-order valence-electron chi connectivity index (χ3n) is 6.62. The summed E-state index contributed by atoms with van der Waals surface area (Å²) in [6, 6.07) is 0. The minimum atomic E-state index is 0.0650. The fourth-order valence-corrected chi connectivity index (χ4v) is 3.93. The lowest BCUT2D eigenvalue weighted by Crippen LogP contribution is -2.34. The lowest BCUT2D eigenvalue weighted by molar-refractivity contribution is 0.0375. The number of nitrogens with zero attached hydrogens (tertiary/aromatic N) is 4. The molecule has 0 amide bonds. The van der Waals surface area contributed by atoms with Gasteiger partial charge in [0.25, 0.3) is 0 Å². The third kappa shape index (κ3) is 35.9. The summed E-state index contributed by atoms with van der Waals surface area (Å²) >= 11 is 5.34. The van der Waals surface area contributed by atoms with Gasteiger partial charge in [-0.1, -0.05) is 32.1 Å². The Morgan fingerprint density at radius 2 is 0.872 bits per heavy atom. The molecule has 0 aliphatic carbocycles. The molecule has 0 aliphatic heterocycles. The van der Waals surface area contributed by atoms with Crippen molar-refractivity contribution in [2.45, 2.75) is 44.9 Å². The molecule has 0 rings (SSSR count). The third-order valence-corrected chi connectivity index (χ3v) is 6.78. The Bertz CT molecular complexity index is 419. The second-order valence-electron chi connectivity index (χ2n) is 10.5. The minimum Gasteiger partial charge on any atom is -0.394 e. The van der Waals surface area contributed by atoms with Gasteiger partial charge in [-0.3, -0.25) is 0 Å². The maximum atomic E-state index is 8.28. The van der Waals surface area contributed by atoms with Crippen molar-refractivity contribution in [2.24, 2.45) is 0 Å². The summed E-state index contributed by atoms with van der Waals surface area (Å²) < 4.78 is 9.90. The first kappa shape index (κ1) is 41.1. The molecule has 0 atom stereocenters. The van der Waals surface area contributed by atoms with E-state index in [4.69, 9.17) is 26.2 Å². The van der Waals surface area contributed by atoms with Crippen LogP contribution in [0.2, 0.25) is 0 Å². The molecule has 0 bridgehead atoms. The largest absolute Gasteiger partial charge is 0.394 e. The maximum absolute atomic E-state index is 8.28. The smallest absolute Gasteiger partial charge is 0.0701 e. The molecule has 0 aromatic carbocycles. The molecule has 0 saturated heterocycles. The number of rotatable bonds is 29. The topological polar surface area (TPSA) is 75.7 Å². The molecule has 0 aromatic heterocycles. The Balaban J connectivity index is 0. The number of likely N-dealkylation sites (N-methyl/N-ethyl adjacent to an activating group) is 6. The molecule has 3 N–H and O–H groups in total. The van der Waals surface area contributed by atoms with Gasteiger partial charge in [-0.25, -0.2) is 0 Å². The van der Waals surface area contributed by atoms with Crippen molar-refractivity contribution in [3.05, 3.63) is 0 Å². The molecule has 0 aromatic rings. The van der Waals surface area contributed by atoms with E-state index in [-0.39, 0.29) is 6.61 Å². The molecule has 39 heavy (non-hydrogen) atoms. The van der Waals surface area contributed by atoms with Crippen molar-refractivity contribution in [2.75, 3.05) is 147 Å². The summed E-state index contributed by atoms with van der Waals surface area (Å²) in [7, 11) is 13.0. The second-order valence-corrected chi connectivity index (χ2v) is 10.9. The lowest BCUT2D eigenvalue weighted by atomic mass is 10.1. The SMILES string of the molecule is CNCCN(C)CCN(C)CCCCCCCCCN(C)CCN(C)CCNC.OCCOCCOCCCl. The van der Waals surface area contributed by atoms with E-state index in [2.05, 4.69) is 58.4 Å². The molecule has 0 radical (unpaired) electrons. The first-order chi connectivity index (χ1) is 18.9. The number of aliphatic hydroxyl groups is 1. The number of hydrogen-bond donors (Lipinski definition) is 3. The van der Waals surface area contributed by atoms with Crippen LogP contribution in [0.4, 0.5) is 0 Å². The Morgan fingerprint density at radius 1 is 0.513 bits per heavy atom. The average Bonchev–Trinajstić information content (AvgIpc) is 2.94. The van der Waals surface area contributed by atoms with Crippen LogP contribution in [0.5, 0.6) is 0 Å². The van der Waals surface area contributed by atoms with Gasteiger partial charge >= 0.3 is 0 Å². The molecule has 9 nitrogen and oxygen atoms in total. The van der Waals surface area contributed by atoms with E-state index in [1.807, 2.05) is 14.1 Å². The molecule has 0 heterocycles. The predicted octanol–water partition coefficient (Wildman–Crippen LogP) is 2.13. The highest BCUT2D eigenvalue weighted by atomic mass is 35.5. The Kier molecular flexibility index (Phi) is 35.9. The molecule has 0 aliphatic rings. The number of nitrogens with one attached hydrogen (secondary N) is 2. The second kappa shape index (κ2) is 34.1. The fourth-order valence-electron chi connectivity index (χ4n) is 3.82. The summed E-state index contributed by atoms with van der Waals surface area (Å²) in [6.07, 6.45) is 9.69. The van der Waals surface area contributed by atoms with Gasteiger partial charge in [0.1, 0.15) is 0 Å². The maximum Gasteiger partial charge on any atom is 0.0701 e. The first-order valence-corrected chi connectivity index (χ1v) is 15.8. The van der Waals surface area contributed by atoms with E-state index in [1.54, 1.807) is 0 Å². The molecule has 10 heteroatoms. The van der Waals surface area contributed by atoms with Crippen molar-refractivity contribution >= 4 is 11.6 Å². The minimum absolute atomic E-state index is 0.0650. The molecule has 238 valence electrons. The number of alkyl halides is 1. The Morgan fingerprint density at radius 3 is 1.23 bits per heavy atom. The van der Waals surface area contributed by atoms with Gasteiger partial charge in [-0.2, -0.15) is 0 Å². The molecule has 0 fully saturated rings. The molecule has 0 spiro atoms. The van der Waals surface area contributed by atoms with Crippen LogP contribution in [0.3, 0.4) is 0 Å². The van der Waals surface area contributed by atoms with E-state index in [0.717, 1.165) is 26.2 Å². The first-order valence-electron chi connectivity index (χ1n) is 15.3. The Hall–Kier alpha value is -0.0700. The predicted molar refractivity (Wildman–Crippen MR) is 170 cm³/mol. The van der Waals surface area contributed by atoms with E-state index >= 15 is 0 Å². The van der Waals surface area contributed by atoms with Crippen LogP contribution >= 0.6 is 11.6 Å². The number of halogens is 1. The quantitative estimate of drug-likeness (QED) is 0.0908. The van der Waals surface area contributed by atoms with Crippen molar-refractivity contribution in [3.8, 4) is 0 Å². The standard InChI is InChI=1S/C23H54N6.C6H13ClO3/c1-24-14-18-28(5)22-20-26(3)16-12-10-8-7-9-11-13-17-27(4)21-23-29(6)19-15-25-2;7-1-3-9-5-6-10-4-2-8/h24-25H,7-23H2,1-6H3;8H,1-6H2. The molecular weight excluding hydrogens is 516 g/mol. The van der Waals surface area contributed by atoms with Gasteiger partial charge in [0, 0.05) is 58.2 Å². The number of ether oxygens (including phenoxy) is 2. The number of aliphatic hydroxyl groups excluding tert-OH is 1. The fraction of sp³-hybridized carbons (Fsp3) is 1.00. The van der Waals surface area contributed by atoms with Crippen LogP contribution in [0.15, 0.2) is 0 Å². The zero-order valence-electron chi connectivity index (χ0n) is 26.7. The van der Waals surface area contributed by atoms with E-state index < -0.39 is 0 Å². The molecule has 0 saturated carbocycles. The summed E-state index contributed by atoms with van der Waals surface area (Å²) in [6.45, 7) is 13.7. The molecule has 0 unspecified atom stereocenters. The van der Waals surface area contributed by atoms with Gasteiger partial charge in [0.05, 0.1) is 33.0 Å². The Labute approximate surface area is 247 Å². The van der Waals surface area contributed by atoms with Crippen LogP contribution in [-0.4, -0.2) is 171 Å². The van der Waals surface area contributed by atoms with E-state index in [0.29, 0.717) is 32.3 Å². The van der Waals surface area contributed by atoms with E-state index in [1.165, 1.54) is 84.2 Å². The van der Waals surface area contributed by atoms with Gasteiger partial charge < -0.3 is 44.8 Å². The van der Waals surface area contributed by atoms with Crippen LogP contribution in [0.1, 0.15) is 44.9 Å². The highest BCUT2D eigenvalue weighted by Gasteiger charge is 2.03. The summed E-state index contributed by atoms with van der Waals surface area (Å²) in [5, 5.41) is 14.7. The normalized spacial score (nSPS) is 11.7.